The predicted molar refractivity (Wildman–Crippen MR) is 61.5 cm³/mol. The molecule has 1 N–H and O–H groups in total. The van der Waals surface area contributed by atoms with Gasteiger partial charge in [-0.15, -0.1) is 11.8 Å². The van der Waals surface area contributed by atoms with Crippen LogP contribution >= 0.6 is 0 Å². The minimum atomic E-state index is -0.298. The molecule has 0 spiro atoms. The molecule has 0 saturated heterocycles. The van der Waals surface area contributed by atoms with Gasteiger partial charge in [0.25, 0.3) is 5.91 Å². The molecule has 0 saturated carbocycles. The van der Waals surface area contributed by atoms with E-state index < -0.39 is 0 Å². The summed E-state index contributed by atoms with van der Waals surface area (Å²) >= 11 is 0. The zero-order valence-corrected chi connectivity index (χ0v) is 9.43. The topological polar surface area (TPSA) is 29.1 Å². The van der Waals surface area contributed by atoms with Crippen LogP contribution in [0, 0.1) is 24.6 Å². The molecule has 0 aromatic heterocycles. The molecular weight excluding hydrogens is 205 g/mol. The summed E-state index contributed by atoms with van der Waals surface area (Å²) in [6.45, 7) is 3.90. The van der Waals surface area contributed by atoms with Gasteiger partial charge in [0.2, 0.25) is 0 Å². The Balaban J connectivity index is 2.58. The SMILES string of the molecule is CC#CCCNC(=O)c1ccc(F)c(C)c1. The Morgan fingerprint density at radius 3 is 2.88 bits per heavy atom. The van der Waals surface area contributed by atoms with Gasteiger partial charge < -0.3 is 5.32 Å². The van der Waals surface area contributed by atoms with E-state index in [2.05, 4.69) is 17.2 Å². The lowest BCUT2D eigenvalue weighted by molar-refractivity contribution is 0.0954. The normalized spacial score (nSPS) is 9.19. The van der Waals surface area contributed by atoms with E-state index in [1.54, 1.807) is 13.8 Å². The summed E-state index contributed by atoms with van der Waals surface area (Å²) in [5.74, 6) is 5.11. The van der Waals surface area contributed by atoms with Crippen LogP contribution in [0.15, 0.2) is 18.2 Å². The Hall–Kier alpha value is -1.82. The number of rotatable bonds is 3. The summed E-state index contributed by atoms with van der Waals surface area (Å²) in [7, 11) is 0. The molecule has 0 aliphatic carbocycles. The van der Waals surface area contributed by atoms with Crippen LogP contribution in [0.4, 0.5) is 4.39 Å². The zero-order chi connectivity index (χ0) is 12.0. The number of hydrogen-bond acceptors (Lipinski definition) is 1. The van der Waals surface area contributed by atoms with Gasteiger partial charge >= 0.3 is 0 Å². The van der Waals surface area contributed by atoms with Gasteiger partial charge in [-0.2, -0.15) is 0 Å². The fraction of sp³-hybridized carbons (Fsp3) is 0.308. The molecule has 1 aromatic carbocycles. The van der Waals surface area contributed by atoms with Gasteiger partial charge in [0.05, 0.1) is 0 Å². The molecule has 1 rings (SSSR count). The van der Waals surface area contributed by atoms with E-state index in [1.165, 1.54) is 18.2 Å². The number of amides is 1. The lowest BCUT2D eigenvalue weighted by Crippen LogP contribution is -2.24. The van der Waals surface area contributed by atoms with E-state index >= 15 is 0 Å². The highest BCUT2D eigenvalue weighted by Gasteiger charge is 2.06. The third kappa shape index (κ3) is 3.39. The first-order valence-corrected chi connectivity index (χ1v) is 5.09. The molecule has 1 amide bonds. The highest BCUT2D eigenvalue weighted by molar-refractivity contribution is 5.94. The van der Waals surface area contributed by atoms with Crippen molar-refractivity contribution < 1.29 is 9.18 Å². The summed E-state index contributed by atoms with van der Waals surface area (Å²) < 4.78 is 13.0. The van der Waals surface area contributed by atoms with E-state index in [0.717, 1.165) is 0 Å². The van der Waals surface area contributed by atoms with Crippen molar-refractivity contribution in [2.45, 2.75) is 20.3 Å². The molecule has 3 heteroatoms. The minimum Gasteiger partial charge on any atom is -0.351 e. The van der Waals surface area contributed by atoms with Crippen LogP contribution in [0.5, 0.6) is 0 Å². The zero-order valence-electron chi connectivity index (χ0n) is 9.43. The van der Waals surface area contributed by atoms with E-state index in [0.29, 0.717) is 24.1 Å². The first kappa shape index (κ1) is 12.3. The van der Waals surface area contributed by atoms with Crippen LogP contribution < -0.4 is 5.32 Å². The average Bonchev–Trinajstić information content (AvgIpc) is 2.28. The van der Waals surface area contributed by atoms with Crippen LogP contribution in [0.3, 0.4) is 0 Å². The van der Waals surface area contributed by atoms with Gasteiger partial charge in [0.15, 0.2) is 0 Å². The Kier molecular flexibility index (Phi) is 4.53. The number of aryl methyl sites for hydroxylation is 1. The summed E-state index contributed by atoms with van der Waals surface area (Å²) in [6.07, 6.45) is 0.627. The lowest BCUT2D eigenvalue weighted by atomic mass is 10.1. The number of carbonyl (C=O) groups is 1. The third-order valence-electron chi connectivity index (χ3n) is 2.13. The van der Waals surface area contributed by atoms with Gasteiger partial charge in [0.1, 0.15) is 5.82 Å². The number of halogens is 1. The molecule has 2 nitrogen and oxygen atoms in total. The van der Waals surface area contributed by atoms with Crippen molar-refractivity contribution in [3.05, 3.63) is 35.1 Å². The summed E-state index contributed by atoms with van der Waals surface area (Å²) in [4.78, 5) is 11.6. The number of nitrogens with one attached hydrogen (secondary N) is 1. The van der Waals surface area contributed by atoms with Gasteiger partial charge in [0, 0.05) is 18.5 Å². The number of hydrogen-bond donors (Lipinski definition) is 1. The molecule has 0 aliphatic heterocycles. The van der Waals surface area contributed by atoms with Crippen LogP contribution in [-0.4, -0.2) is 12.5 Å². The fourth-order valence-corrected chi connectivity index (χ4v) is 1.25. The molecule has 1 aromatic rings. The third-order valence-corrected chi connectivity index (χ3v) is 2.13. The summed E-state index contributed by atoms with van der Waals surface area (Å²) in [6, 6.07) is 4.31. The largest absolute Gasteiger partial charge is 0.351 e. The maximum Gasteiger partial charge on any atom is 0.251 e. The average molecular weight is 219 g/mol. The monoisotopic (exact) mass is 219 g/mol. The minimum absolute atomic E-state index is 0.194. The molecular formula is C13H14FNO. The molecule has 0 heterocycles. The summed E-state index contributed by atoms with van der Waals surface area (Å²) in [5.41, 5.74) is 0.948. The second kappa shape index (κ2) is 5.92. The molecule has 0 radical (unpaired) electrons. The maximum atomic E-state index is 13.0. The van der Waals surface area contributed by atoms with Crippen molar-refractivity contribution in [2.24, 2.45) is 0 Å². The van der Waals surface area contributed by atoms with Crippen LogP contribution in [0.25, 0.3) is 0 Å². The molecule has 84 valence electrons. The quantitative estimate of drug-likeness (QED) is 0.613. The molecule has 0 fully saturated rings. The van der Waals surface area contributed by atoms with Crippen molar-refractivity contribution in [1.29, 1.82) is 0 Å². The Morgan fingerprint density at radius 2 is 2.25 bits per heavy atom. The molecule has 0 bridgehead atoms. The number of carbonyl (C=O) groups excluding carboxylic acids is 1. The Morgan fingerprint density at radius 1 is 1.50 bits per heavy atom. The standard InChI is InChI=1S/C13H14FNO/c1-3-4-5-8-15-13(16)11-6-7-12(14)10(2)9-11/h6-7,9H,5,8H2,1-2H3,(H,15,16). The van der Waals surface area contributed by atoms with Crippen molar-refractivity contribution in [2.75, 3.05) is 6.54 Å². The lowest BCUT2D eigenvalue weighted by Gasteiger charge is -2.04. The fourth-order valence-electron chi connectivity index (χ4n) is 1.25. The Labute approximate surface area is 94.9 Å². The second-order valence-corrected chi connectivity index (χ2v) is 3.40. The predicted octanol–water partition coefficient (Wildman–Crippen LogP) is 2.28. The Bertz CT molecular complexity index is 443. The summed E-state index contributed by atoms with van der Waals surface area (Å²) in [5, 5.41) is 2.72. The molecule has 0 atom stereocenters. The molecule has 0 aliphatic rings. The van der Waals surface area contributed by atoms with Crippen LogP contribution in [0.1, 0.15) is 29.3 Å². The second-order valence-electron chi connectivity index (χ2n) is 3.40. The van der Waals surface area contributed by atoms with Gasteiger partial charge in [-0.3, -0.25) is 4.79 Å². The van der Waals surface area contributed by atoms with Crippen molar-refractivity contribution in [3.8, 4) is 11.8 Å². The van der Waals surface area contributed by atoms with Crippen LogP contribution in [-0.2, 0) is 0 Å². The smallest absolute Gasteiger partial charge is 0.251 e. The highest BCUT2D eigenvalue weighted by atomic mass is 19.1. The van der Waals surface area contributed by atoms with Gasteiger partial charge in [-0.25, -0.2) is 4.39 Å². The maximum absolute atomic E-state index is 13.0. The van der Waals surface area contributed by atoms with Gasteiger partial charge in [-0.1, -0.05) is 0 Å². The first-order chi connectivity index (χ1) is 7.65. The van der Waals surface area contributed by atoms with Gasteiger partial charge in [-0.05, 0) is 37.6 Å². The first-order valence-electron chi connectivity index (χ1n) is 5.09. The highest BCUT2D eigenvalue weighted by Crippen LogP contribution is 2.08. The van der Waals surface area contributed by atoms with Crippen molar-refractivity contribution >= 4 is 5.91 Å². The molecule has 16 heavy (non-hydrogen) atoms. The van der Waals surface area contributed by atoms with E-state index in [-0.39, 0.29) is 11.7 Å². The molecule has 0 unspecified atom stereocenters. The van der Waals surface area contributed by atoms with E-state index in [1.807, 2.05) is 0 Å². The van der Waals surface area contributed by atoms with E-state index in [4.69, 9.17) is 0 Å². The van der Waals surface area contributed by atoms with Crippen LogP contribution in [0.2, 0.25) is 0 Å². The van der Waals surface area contributed by atoms with E-state index in [9.17, 15) is 9.18 Å². The van der Waals surface area contributed by atoms with Crippen molar-refractivity contribution in [1.82, 2.24) is 5.32 Å². The number of benzene rings is 1. The van der Waals surface area contributed by atoms with Crippen molar-refractivity contribution in [3.63, 3.8) is 0 Å².